The Morgan fingerprint density at radius 3 is 2.66 bits per heavy atom. The van der Waals surface area contributed by atoms with Crippen LogP contribution in [0.4, 0.5) is 11.4 Å². The highest BCUT2D eigenvalue weighted by atomic mass is 32.2. The average Bonchev–Trinajstić information content (AvgIpc) is 2.69. The number of benzene rings is 1. The molecule has 0 spiro atoms. The second-order valence-electron chi connectivity index (χ2n) is 7.57. The summed E-state index contributed by atoms with van der Waals surface area (Å²) in [6.45, 7) is 4.08. The summed E-state index contributed by atoms with van der Waals surface area (Å²) < 4.78 is 28.0. The molecule has 2 aromatic rings. The summed E-state index contributed by atoms with van der Waals surface area (Å²) in [6.07, 6.45) is 2.20. The molecule has 0 radical (unpaired) electrons. The third-order valence-corrected chi connectivity index (χ3v) is 7.23. The number of hydrazone groups is 1. The molecule has 0 bridgehead atoms. The number of aromatic hydroxyl groups is 1. The molecule has 0 saturated carbocycles. The van der Waals surface area contributed by atoms with E-state index >= 15 is 0 Å². The number of rotatable bonds is 6. The number of non-ortho nitro benzene ring substituents is 1. The van der Waals surface area contributed by atoms with E-state index in [-0.39, 0.29) is 28.7 Å². The van der Waals surface area contributed by atoms with Crippen molar-refractivity contribution in [2.45, 2.75) is 37.6 Å². The van der Waals surface area contributed by atoms with Crippen molar-refractivity contribution in [3.63, 3.8) is 0 Å². The lowest BCUT2D eigenvalue weighted by molar-refractivity contribution is -0.385. The molecular formula is C18H22N6O7S. The Morgan fingerprint density at radius 1 is 1.31 bits per heavy atom. The first-order chi connectivity index (χ1) is 15.0. The van der Waals surface area contributed by atoms with Crippen molar-refractivity contribution in [1.82, 2.24) is 14.3 Å². The van der Waals surface area contributed by atoms with E-state index in [0.717, 1.165) is 18.3 Å². The molecular weight excluding hydrogens is 444 g/mol. The number of hydrogen-bond acceptors (Lipinski definition) is 9. The fourth-order valence-corrected chi connectivity index (χ4v) is 5.39. The fourth-order valence-electron chi connectivity index (χ4n) is 3.57. The highest BCUT2D eigenvalue weighted by Crippen LogP contribution is 2.33. The quantitative estimate of drug-likeness (QED) is 0.274. The molecule has 0 unspecified atom stereocenters. The molecule has 4 N–H and O–H groups in total. The van der Waals surface area contributed by atoms with Gasteiger partial charge in [-0.3, -0.25) is 30.3 Å². The van der Waals surface area contributed by atoms with E-state index in [4.69, 9.17) is 0 Å². The molecule has 3 rings (SSSR count). The Labute approximate surface area is 182 Å². The van der Waals surface area contributed by atoms with E-state index in [1.54, 1.807) is 6.92 Å². The van der Waals surface area contributed by atoms with Gasteiger partial charge in [0, 0.05) is 24.7 Å². The first kappa shape index (κ1) is 23.1. The highest BCUT2D eigenvalue weighted by molar-refractivity contribution is 7.89. The van der Waals surface area contributed by atoms with Gasteiger partial charge in [-0.1, -0.05) is 6.92 Å². The van der Waals surface area contributed by atoms with E-state index < -0.39 is 37.8 Å². The number of piperidine rings is 1. The average molecular weight is 466 g/mol. The van der Waals surface area contributed by atoms with Gasteiger partial charge in [-0.15, -0.1) is 0 Å². The molecule has 32 heavy (non-hydrogen) atoms. The minimum Gasteiger partial charge on any atom is -0.494 e. The minimum absolute atomic E-state index is 0.0574. The first-order valence-corrected chi connectivity index (χ1v) is 11.1. The Hall–Kier alpha value is -3.52. The molecule has 1 aromatic carbocycles. The predicted molar refractivity (Wildman–Crippen MR) is 115 cm³/mol. The van der Waals surface area contributed by atoms with Crippen molar-refractivity contribution in [3.05, 3.63) is 54.7 Å². The Balaban J connectivity index is 2.00. The van der Waals surface area contributed by atoms with Crippen LogP contribution in [-0.4, -0.2) is 51.5 Å². The van der Waals surface area contributed by atoms with Gasteiger partial charge in [-0.05, 0) is 31.7 Å². The molecule has 1 aliphatic rings. The number of aromatic nitrogens is 2. The number of nitro groups is 1. The molecule has 0 amide bonds. The van der Waals surface area contributed by atoms with E-state index in [1.807, 2.05) is 16.9 Å². The van der Waals surface area contributed by atoms with Crippen molar-refractivity contribution < 1.29 is 18.4 Å². The zero-order valence-electron chi connectivity index (χ0n) is 17.2. The minimum atomic E-state index is -4.11. The van der Waals surface area contributed by atoms with Crippen LogP contribution in [0.15, 0.2) is 37.8 Å². The molecule has 2 heterocycles. The van der Waals surface area contributed by atoms with Crippen molar-refractivity contribution >= 4 is 27.6 Å². The topological polar surface area (TPSA) is 191 Å². The zero-order valence-corrected chi connectivity index (χ0v) is 18.0. The molecule has 1 aliphatic heterocycles. The number of sulfonamides is 1. The Morgan fingerprint density at radius 2 is 2.03 bits per heavy atom. The molecule has 0 aliphatic carbocycles. The summed E-state index contributed by atoms with van der Waals surface area (Å²) in [4.78, 5) is 37.0. The maximum Gasteiger partial charge on any atom is 0.328 e. The zero-order chi connectivity index (χ0) is 23.6. The van der Waals surface area contributed by atoms with Crippen molar-refractivity contribution in [1.29, 1.82) is 0 Å². The van der Waals surface area contributed by atoms with Gasteiger partial charge in [-0.25, -0.2) is 13.2 Å². The number of aromatic amines is 2. The smallest absolute Gasteiger partial charge is 0.328 e. The number of hydrogen-bond donors (Lipinski definition) is 4. The van der Waals surface area contributed by atoms with Crippen LogP contribution in [0.25, 0.3) is 0 Å². The van der Waals surface area contributed by atoms with Gasteiger partial charge < -0.3 is 5.11 Å². The van der Waals surface area contributed by atoms with E-state index in [1.165, 1.54) is 10.4 Å². The van der Waals surface area contributed by atoms with Crippen LogP contribution in [0.1, 0.15) is 32.3 Å². The molecule has 1 saturated heterocycles. The van der Waals surface area contributed by atoms with Crippen LogP contribution in [0.5, 0.6) is 5.88 Å². The second kappa shape index (κ2) is 8.92. The van der Waals surface area contributed by atoms with Crippen LogP contribution in [0.3, 0.4) is 0 Å². The SMILES string of the molecule is C[C@@H]1CCN(S(=O)(=O)c2cc([N+](=O)[O-])ccc2NN=Cc2c(O)[nH]c(=O)[nH]c2=O)[C@H](C)C1. The molecule has 13 nitrogen and oxygen atoms in total. The summed E-state index contributed by atoms with van der Waals surface area (Å²) in [5.41, 5.74) is -0.214. The predicted octanol–water partition coefficient (Wildman–Crippen LogP) is 0.932. The lowest BCUT2D eigenvalue weighted by Crippen LogP contribution is -2.44. The number of nitro benzene ring substituents is 1. The Kier molecular flexibility index (Phi) is 6.45. The number of anilines is 1. The summed E-state index contributed by atoms with van der Waals surface area (Å²) in [5, 5.41) is 24.7. The van der Waals surface area contributed by atoms with E-state index in [2.05, 4.69) is 10.5 Å². The van der Waals surface area contributed by atoms with E-state index in [0.29, 0.717) is 18.8 Å². The Bertz CT molecular complexity index is 1280. The first-order valence-electron chi connectivity index (χ1n) is 9.65. The van der Waals surface area contributed by atoms with E-state index in [9.17, 15) is 33.2 Å². The monoisotopic (exact) mass is 466 g/mol. The molecule has 1 aromatic heterocycles. The van der Waals surface area contributed by atoms with Gasteiger partial charge in [0.05, 0.1) is 16.8 Å². The van der Waals surface area contributed by atoms with Crippen LogP contribution in [0, 0.1) is 16.0 Å². The molecule has 1 fully saturated rings. The van der Waals surface area contributed by atoms with Crippen molar-refractivity contribution in [2.75, 3.05) is 12.0 Å². The molecule has 14 heteroatoms. The van der Waals surface area contributed by atoms with Crippen LogP contribution in [-0.2, 0) is 10.0 Å². The molecule has 2 atom stereocenters. The fraction of sp³-hybridized carbons (Fsp3) is 0.389. The lowest BCUT2D eigenvalue weighted by atomic mass is 9.95. The second-order valence-corrected chi connectivity index (χ2v) is 9.43. The number of H-pyrrole nitrogens is 2. The summed E-state index contributed by atoms with van der Waals surface area (Å²) in [7, 11) is -4.11. The molecule has 172 valence electrons. The van der Waals surface area contributed by atoms with Gasteiger partial charge >= 0.3 is 5.69 Å². The van der Waals surface area contributed by atoms with Crippen molar-refractivity contribution in [2.24, 2.45) is 11.0 Å². The standard InChI is InChI=1S/C18H22N6O7S/c1-10-5-6-23(11(2)7-10)32(30,31)15-8-12(24(28)29)3-4-14(15)22-19-9-13-16(25)20-18(27)21-17(13)26/h3-4,8-11,22H,5-7H2,1-2H3,(H3,20,21,25,26,27)/t10-,11-/m1/s1. The third-order valence-electron chi connectivity index (χ3n) is 5.18. The lowest BCUT2D eigenvalue weighted by Gasteiger charge is -2.35. The van der Waals surface area contributed by atoms with Gasteiger partial charge in [0.25, 0.3) is 11.2 Å². The third kappa shape index (κ3) is 4.70. The maximum absolute atomic E-state index is 13.4. The van der Waals surface area contributed by atoms with Gasteiger partial charge in [0.2, 0.25) is 15.9 Å². The summed E-state index contributed by atoms with van der Waals surface area (Å²) in [6, 6.07) is 2.96. The van der Waals surface area contributed by atoms with Crippen molar-refractivity contribution in [3.8, 4) is 5.88 Å². The maximum atomic E-state index is 13.4. The van der Waals surface area contributed by atoms with Gasteiger partial charge in [0.1, 0.15) is 10.5 Å². The van der Waals surface area contributed by atoms with Crippen LogP contribution < -0.4 is 16.7 Å². The number of nitrogens with one attached hydrogen (secondary N) is 3. The number of nitrogens with zero attached hydrogens (tertiary/aromatic N) is 3. The highest BCUT2D eigenvalue weighted by Gasteiger charge is 2.35. The summed E-state index contributed by atoms with van der Waals surface area (Å²) >= 11 is 0. The summed E-state index contributed by atoms with van der Waals surface area (Å²) in [5.74, 6) is -0.371. The van der Waals surface area contributed by atoms with Crippen LogP contribution in [0.2, 0.25) is 0 Å². The normalized spacial score (nSPS) is 19.8. The van der Waals surface area contributed by atoms with Crippen LogP contribution >= 0.6 is 0 Å². The van der Waals surface area contributed by atoms with Gasteiger partial charge in [-0.2, -0.15) is 9.41 Å². The van der Waals surface area contributed by atoms with Gasteiger partial charge in [0.15, 0.2) is 0 Å². The largest absolute Gasteiger partial charge is 0.494 e.